The van der Waals surface area contributed by atoms with Crippen LogP contribution in [0.3, 0.4) is 0 Å². The zero-order chi connectivity index (χ0) is 33.9. The maximum absolute atomic E-state index is 13.7. The van der Waals surface area contributed by atoms with E-state index < -0.39 is 58.8 Å². The second-order valence-electron chi connectivity index (χ2n) is 12.5. The molecule has 2 heterocycles. The average molecular weight is 658 g/mol. The molecule has 1 unspecified atom stereocenters. The summed E-state index contributed by atoms with van der Waals surface area (Å²) in [4.78, 5) is 44.0. The van der Waals surface area contributed by atoms with Crippen LogP contribution < -0.4 is 0 Å². The number of carbonyl (C=O) groups is 3. The summed E-state index contributed by atoms with van der Waals surface area (Å²) in [6.07, 6.45) is -9.79. The Morgan fingerprint density at radius 1 is 0.848 bits per heavy atom. The minimum Gasteiger partial charge on any atom is -0.445 e. The van der Waals surface area contributed by atoms with Gasteiger partial charge in [-0.25, -0.2) is 14.5 Å². The van der Waals surface area contributed by atoms with Gasteiger partial charge in [0, 0.05) is 37.8 Å². The van der Waals surface area contributed by atoms with E-state index in [1.807, 2.05) is 35.2 Å². The summed E-state index contributed by atoms with van der Waals surface area (Å²) in [7, 11) is 0. The van der Waals surface area contributed by atoms with Crippen LogP contribution in [0, 0.1) is 0 Å². The summed E-state index contributed by atoms with van der Waals surface area (Å²) < 4.78 is 92.1. The summed E-state index contributed by atoms with van der Waals surface area (Å²) >= 11 is 0. The number of nitrogens with zero attached hydrogens (tertiary/aromatic N) is 3. The highest BCUT2D eigenvalue weighted by atomic mass is 19.4. The average Bonchev–Trinajstić information content (AvgIpc) is 3.30. The summed E-state index contributed by atoms with van der Waals surface area (Å²) in [6.45, 7) is 6.15. The Hall–Kier alpha value is -3.81. The van der Waals surface area contributed by atoms with Crippen molar-refractivity contribution in [2.24, 2.45) is 0 Å². The fourth-order valence-electron chi connectivity index (χ4n) is 5.67. The van der Waals surface area contributed by atoms with E-state index in [-0.39, 0.29) is 31.7 Å². The van der Waals surface area contributed by atoms with Crippen molar-refractivity contribution in [3.63, 3.8) is 0 Å². The van der Waals surface area contributed by atoms with Crippen LogP contribution in [-0.4, -0.2) is 76.7 Å². The predicted octanol–water partition coefficient (Wildman–Crippen LogP) is 7.37. The molecule has 2 atom stereocenters. The number of rotatable bonds is 5. The topological polar surface area (TPSA) is 79.4 Å². The SMILES string of the molecule is CC(C)(C)OC(=O)N(C(=O)c1cc(C(F)(F)F)cc(C(F)(F)F)c1)[C@@H]1CCN(C2CCCN(C(=O)OCc3ccccc3)CC2)C1. The van der Waals surface area contributed by atoms with Crippen molar-refractivity contribution >= 4 is 18.1 Å². The third-order valence-electron chi connectivity index (χ3n) is 7.88. The van der Waals surface area contributed by atoms with Gasteiger partial charge < -0.3 is 14.4 Å². The van der Waals surface area contributed by atoms with Crippen LogP contribution in [0.25, 0.3) is 0 Å². The smallest absolute Gasteiger partial charge is 0.417 e. The molecule has 3 amide bonds. The Morgan fingerprint density at radius 3 is 2.07 bits per heavy atom. The van der Waals surface area contributed by atoms with Gasteiger partial charge in [0.2, 0.25) is 0 Å². The van der Waals surface area contributed by atoms with Gasteiger partial charge in [0.15, 0.2) is 0 Å². The molecule has 2 aliphatic rings. The van der Waals surface area contributed by atoms with E-state index in [0.717, 1.165) is 5.56 Å². The number of benzene rings is 2. The first-order valence-corrected chi connectivity index (χ1v) is 15.0. The van der Waals surface area contributed by atoms with Crippen LogP contribution in [-0.2, 0) is 28.4 Å². The number of alkyl halides is 6. The molecule has 4 rings (SSSR count). The van der Waals surface area contributed by atoms with Crippen LogP contribution in [0.2, 0.25) is 0 Å². The molecule has 2 aromatic carbocycles. The molecule has 2 aromatic rings. The highest BCUT2D eigenvalue weighted by molar-refractivity contribution is 6.03. The molecule has 46 heavy (non-hydrogen) atoms. The standard InChI is InChI=1S/C32H37F6N3O5/c1-30(2,3)46-29(44)41(27(42)22-16-23(31(33,34)35)18-24(17-22)32(36,37)38)26-12-15-40(19-26)25-10-7-13-39(14-11-25)28(43)45-20-21-8-5-4-6-9-21/h4-6,8-9,16-18,25-26H,7,10-15,19-20H2,1-3H3/t25?,26-/m1/s1. The number of ether oxygens (including phenoxy) is 2. The summed E-state index contributed by atoms with van der Waals surface area (Å²) in [5.74, 6) is -1.31. The monoisotopic (exact) mass is 657 g/mol. The fraction of sp³-hybridized carbons (Fsp3) is 0.531. The molecule has 14 heteroatoms. The minimum atomic E-state index is -5.17. The third kappa shape index (κ3) is 9.14. The lowest BCUT2D eigenvalue weighted by Gasteiger charge is -2.32. The van der Waals surface area contributed by atoms with Gasteiger partial charge in [-0.15, -0.1) is 0 Å². The molecule has 0 bridgehead atoms. The normalized spacial score (nSPS) is 19.8. The van der Waals surface area contributed by atoms with E-state index in [9.17, 15) is 40.7 Å². The van der Waals surface area contributed by atoms with E-state index in [1.165, 1.54) is 20.8 Å². The van der Waals surface area contributed by atoms with Crippen LogP contribution >= 0.6 is 0 Å². The van der Waals surface area contributed by atoms with E-state index in [4.69, 9.17) is 9.47 Å². The van der Waals surface area contributed by atoms with Crippen molar-refractivity contribution in [1.29, 1.82) is 0 Å². The van der Waals surface area contributed by atoms with Crippen molar-refractivity contribution in [2.45, 2.75) is 83.1 Å². The molecule has 0 spiro atoms. The first-order valence-electron chi connectivity index (χ1n) is 15.0. The minimum absolute atomic E-state index is 0.0436. The second-order valence-corrected chi connectivity index (χ2v) is 12.5. The zero-order valence-corrected chi connectivity index (χ0v) is 25.8. The van der Waals surface area contributed by atoms with Gasteiger partial charge in [0.05, 0.1) is 17.2 Å². The largest absolute Gasteiger partial charge is 0.445 e. The Bertz CT molecular complexity index is 1360. The third-order valence-corrected chi connectivity index (χ3v) is 7.88. The molecule has 0 aliphatic carbocycles. The van der Waals surface area contributed by atoms with Crippen molar-refractivity contribution in [3.8, 4) is 0 Å². The van der Waals surface area contributed by atoms with Crippen LogP contribution in [0.5, 0.6) is 0 Å². The number of amides is 3. The maximum Gasteiger partial charge on any atom is 0.417 e. The van der Waals surface area contributed by atoms with E-state index in [1.54, 1.807) is 4.90 Å². The Labute approximate surface area is 263 Å². The van der Waals surface area contributed by atoms with Crippen molar-refractivity contribution in [2.75, 3.05) is 26.2 Å². The van der Waals surface area contributed by atoms with Gasteiger partial charge in [-0.1, -0.05) is 30.3 Å². The van der Waals surface area contributed by atoms with Gasteiger partial charge in [-0.05, 0) is 70.2 Å². The van der Waals surface area contributed by atoms with Crippen LogP contribution in [0.15, 0.2) is 48.5 Å². The summed E-state index contributed by atoms with van der Waals surface area (Å²) in [6, 6.07) is 8.90. The zero-order valence-electron chi connectivity index (χ0n) is 25.8. The van der Waals surface area contributed by atoms with Gasteiger partial charge in [0.25, 0.3) is 5.91 Å². The number of hydrogen-bond donors (Lipinski definition) is 0. The molecule has 0 radical (unpaired) electrons. The van der Waals surface area contributed by atoms with Gasteiger partial charge in [-0.2, -0.15) is 26.3 Å². The predicted molar refractivity (Wildman–Crippen MR) is 155 cm³/mol. The number of imide groups is 1. The first kappa shape index (κ1) is 35.1. The molecule has 0 aromatic heterocycles. The maximum atomic E-state index is 13.7. The Kier molecular flexibility index (Phi) is 10.6. The van der Waals surface area contributed by atoms with Crippen LogP contribution in [0.1, 0.15) is 73.5 Å². The Morgan fingerprint density at radius 2 is 1.48 bits per heavy atom. The lowest BCUT2D eigenvalue weighted by molar-refractivity contribution is -0.143. The quantitative estimate of drug-likeness (QED) is 0.313. The number of carbonyl (C=O) groups excluding carboxylic acids is 3. The van der Waals surface area contributed by atoms with E-state index in [0.29, 0.717) is 55.9 Å². The molecular formula is C32H37F6N3O5. The van der Waals surface area contributed by atoms with Gasteiger partial charge >= 0.3 is 24.5 Å². The Balaban J connectivity index is 1.50. The molecular weight excluding hydrogens is 620 g/mol. The van der Waals surface area contributed by atoms with Crippen molar-refractivity contribution in [3.05, 3.63) is 70.8 Å². The van der Waals surface area contributed by atoms with Gasteiger partial charge in [-0.3, -0.25) is 9.69 Å². The summed E-state index contributed by atoms with van der Waals surface area (Å²) in [5.41, 5.74) is -4.49. The molecule has 2 fully saturated rings. The first-order chi connectivity index (χ1) is 21.4. The number of hydrogen-bond acceptors (Lipinski definition) is 6. The number of halogens is 6. The van der Waals surface area contributed by atoms with Gasteiger partial charge in [0.1, 0.15) is 12.2 Å². The molecule has 2 aliphatic heterocycles. The molecule has 8 nitrogen and oxygen atoms in total. The molecule has 2 saturated heterocycles. The molecule has 252 valence electrons. The highest BCUT2D eigenvalue weighted by Gasteiger charge is 2.42. The van der Waals surface area contributed by atoms with E-state index >= 15 is 0 Å². The van der Waals surface area contributed by atoms with Crippen LogP contribution in [0.4, 0.5) is 35.9 Å². The second kappa shape index (κ2) is 13.9. The number of likely N-dealkylation sites (tertiary alicyclic amines) is 2. The summed E-state index contributed by atoms with van der Waals surface area (Å²) in [5, 5.41) is 0. The van der Waals surface area contributed by atoms with E-state index in [2.05, 4.69) is 0 Å². The molecule has 0 N–H and O–H groups in total. The fourth-order valence-corrected chi connectivity index (χ4v) is 5.67. The lowest BCUT2D eigenvalue weighted by Crippen LogP contribution is -2.49. The lowest BCUT2D eigenvalue weighted by atomic mass is 10.0. The van der Waals surface area contributed by atoms with Crippen molar-refractivity contribution in [1.82, 2.24) is 14.7 Å². The highest BCUT2D eigenvalue weighted by Crippen LogP contribution is 2.37. The molecule has 0 saturated carbocycles. The van der Waals surface area contributed by atoms with Crippen molar-refractivity contribution < 1.29 is 50.2 Å².